The summed E-state index contributed by atoms with van der Waals surface area (Å²) in [6, 6.07) is 15.0. The van der Waals surface area contributed by atoms with Crippen LogP contribution >= 0.6 is 0 Å². The van der Waals surface area contributed by atoms with E-state index in [4.69, 9.17) is 9.47 Å². The van der Waals surface area contributed by atoms with E-state index in [-0.39, 0.29) is 5.91 Å². The van der Waals surface area contributed by atoms with Gasteiger partial charge in [-0.1, -0.05) is 19.1 Å². The van der Waals surface area contributed by atoms with Gasteiger partial charge in [-0.05, 0) is 48.4 Å². The van der Waals surface area contributed by atoms with Gasteiger partial charge in [0.05, 0.1) is 13.7 Å². The normalized spacial score (nSPS) is 10.9. The van der Waals surface area contributed by atoms with E-state index in [1.165, 1.54) is 0 Å². The minimum atomic E-state index is -0.0492. The van der Waals surface area contributed by atoms with Crippen molar-refractivity contribution in [1.29, 1.82) is 0 Å². The summed E-state index contributed by atoms with van der Waals surface area (Å²) in [7, 11) is 3.35. The average molecular weight is 399 g/mol. The predicted molar refractivity (Wildman–Crippen MR) is 116 cm³/mol. The highest BCUT2D eigenvalue weighted by atomic mass is 16.5. The number of benzene rings is 2. The summed E-state index contributed by atoms with van der Waals surface area (Å²) < 4.78 is 10.8. The van der Waals surface area contributed by atoms with Crippen LogP contribution in [-0.4, -0.2) is 45.7 Å². The number of nitrogens with zero attached hydrogens (tertiary/aromatic N) is 1. The van der Waals surface area contributed by atoms with Crippen molar-refractivity contribution < 1.29 is 14.3 Å². The maximum absolute atomic E-state index is 12.1. The second-order valence-electron chi connectivity index (χ2n) is 6.33. The van der Waals surface area contributed by atoms with Gasteiger partial charge in [0.1, 0.15) is 18.1 Å². The third kappa shape index (κ3) is 7.73. The molecule has 0 heterocycles. The average Bonchev–Trinajstić information content (AvgIpc) is 2.77. The van der Waals surface area contributed by atoms with Crippen molar-refractivity contribution in [2.24, 2.45) is 4.99 Å². The van der Waals surface area contributed by atoms with Crippen molar-refractivity contribution in [3.63, 3.8) is 0 Å². The van der Waals surface area contributed by atoms with E-state index in [1.807, 2.05) is 55.5 Å². The number of carbonyl (C=O) groups excluding carboxylic acids is 1. The molecule has 1 amide bonds. The molecule has 2 aromatic carbocycles. The summed E-state index contributed by atoms with van der Waals surface area (Å²) in [4.78, 5) is 16.3. The molecule has 0 bridgehead atoms. The Bertz CT molecular complexity index is 791. The van der Waals surface area contributed by atoms with Crippen LogP contribution in [0.3, 0.4) is 0 Å². The second kappa shape index (κ2) is 12.3. The van der Waals surface area contributed by atoms with E-state index in [0.717, 1.165) is 23.5 Å². The fourth-order valence-corrected chi connectivity index (χ4v) is 2.58. The number of rotatable bonds is 10. The molecule has 0 spiro atoms. The van der Waals surface area contributed by atoms with Gasteiger partial charge in [-0.25, -0.2) is 0 Å². The highest BCUT2D eigenvalue weighted by molar-refractivity contribution is 5.94. The van der Waals surface area contributed by atoms with Gasteiger partial charge in [0.15, 0.2) is 5.96 Å². The number of hydrogen-bond donors (Lipinski definition) is 3. The molecule has 29 heavy (non-hydrogen) atoms. The van der Waals surface area contributed by atoms with Crippen molar-refractivity contribution in [1.82, 2.24) is 16.0 Å². The standard InChI is InChI=1S/C22H30N4O3/c1-4-12-24-21(27)18-7-5-6-17(15-18)16-26-22(23-2)25-13-14-29-20-10-8-19(28-3)9-11-20/h5-11,15H,4,12-14,16H2,1-3H3,(H,24,27)(H2,23,25,26). The van der Waals surface area contributed by atoms with Crippen molar-refractivity contribution in [3.8, 4) is 11.5 Å². The van der Waals surface area contributed by atoms with Crippen LogP contribution in [0.25, 0.3) is 0 Å². The van der Waals surface area contributed by atoms with E-state index in [9.17, 15) is 4.79 Å². The van der Waals surface area contributed by atoms with Crippen LogP contribution < -0.4 is 25.4 Å². The summed E-state index contributed by atoms with van der Waals surface area (Å²) in [6.07, 6.45) is 0.914. The first-order valence-corrected chi connectivity index (χ1v) is 9.74. The quantitative estimate of drug-likeness (QED) is 0.325. The van der Waals surface area contributed by atoms with Gasteiger partial charge in [0.25, 0.3) is 5.91 Å². The monoisotopic (exact) mass is 398 g/mol. The molecule has 0 aliphatic rings. The Morgan fingerprint density at radius 1 is 1.00 bits per heavy atom. The summed E-state index contributed by atoms with van der Waals surface area (Å²) in [5, 5.41) is 9.34. The van der Waals surface area contributed by atoms with Gasteiger partial charge in [-0.2, -0.15) is 0 Å². The lowest BCUT2D eigenvalue weighted by Crippen LogP contribution is -2.38. The van der Waals surface area contributed by atoms with Crippen LogP contribution in [0.5, 0.6) is 11.5 Å². The number of guanidine groups is 1. The molecule has 0 aliphatic carbocycles. The number of methoxy groups -OCH3 is 1. The van der Waals surface area contributed by atoms with Gasteiger partial charge >= 0.3 is 0 Å². The molecule has 156 valence electrons. The van der Waals surface area contributed by atoms with Gasteiger partial charge in [-0.3, -0.25) is 9.79 Å². The van der Waals surface area contributed by atoms with Crippen LogP contribution in [0.4, 0.5) is 0 Å². The molecule has 2 rings (SSSR count). The molecular formula is C22H30N4O3. The first-order valence-electron chi connectivity index (χ1n) is 9.74. The largest absolute Gasteiger partial charge is 0.497 e. The Hall–Kier alpha value is -3.22. The lowest BCUT2D eigenvalue weighted by molar-refractivity contribution is 0.0953. The fraction of sp³-hybridized carbons (Fsp3) is 0.364. The Kier molecular flexibility index (Phi) is 9.35. The Morgan fingerprint density at radius 2 is 1.76 bits per heavy atom. The molecule has 2 aromatic rings. The first kappa shape index (κ1) is 22.1. The highest BCUT2D eigenvalue weighted by Gasteiger charge is 2.06. The van der Waals surface area contributed by atoms with Gasteiger partial charge in [0, 0.05) is 25.7 Å². The molecule has 0 fully saturated rings. The fourth-order valence-electron chi connectivity index (χ4n) is 2.58. The van der Waals surface area contributed by atoms with Gasteiger partial charge in [0.2, 0.25) is 0 Å². The number of amides is 1. The van der Waals surface area contributed by atoms with Gasteiger partial charge in [-0.15, -0.1) is 0 Å². The summed E-state index contributed by atoms with van der Waals surface area (Å²) in [6.45, 7) is 4.37. The maximum atomic E-state index is 12.1. The first-order chi connectivity index (χ1) is 14.2. The minimum absolute atomic E-state index is 0.0492. The number of aliphatic imine (C=N–C) groups is 1. The van der Waals surface area contributed by atoms with Crippen LogP contribution in [0.15, 0.2) is 53.5 Å². The molecule has 0 saturated carbocycles. The third-order valence-electron chi connectivity index (χ3n) is 4.13. The molecule has 0 aromatic heterocycles. The summed E-state index contributed by atoms with van der Waals surface area (Å²) in [5.74, 6) is 2.21. The molecule has 0 saturated heterocycles. The van der Waals surface area contributed by atoms with E-state index in [2.05, 4.69) is 20.9 Å². The molecular weight excluding hydrogens is 368 g/mol. The van der Waals surface area contributed by atoms with E-state index in [0.29, 0.717) is 37.8 Å². The van der Waals surface area contributed by atoms with Crippen molar-refractivity contribution in [2.75, 3.05) is 33.9 Å². The molecule has 0 atom stereocenters. The Balaban J connectivity index is 1.75. The molecule has 0 radical (unpaired) electrons. The minimum Gasteiger partial charge on any atom is -0.497 e. The zero-order chi connectivity index (χ0) is 20.9. The zero-order valence-corrected chi connectivity index (χ0v) is 17.3. The summed E-state index contributed by atoms with van der Waals surface area (Å²) >= 11 is 0. The van der Waals surface area contributed by atoms with E-state index >= 15 is 0 Å². The smallest absolute Gasteiger partial charge is 0.251 e. The summed E-state index contributed by atoms with van der Waals surface area (Å²) in [5.41, 5.74) is 1.67. The molecule has 7 nitrogen and oxygen atoms in total. The number of nitrogens with one attached hydrogen (secondary N) is 3. The molecule has 3 N–H and O–H groups in total. The van der Waals surface area contributed by atoms with Crippen LogP contribution in [-0.2, 0) is 6.54 Å². The lowest BCUT2D eigenvalue weighted by atomic mass is 10.1. The Morgan fingerprint density at radius 3 is 2.45 bits per heavy atom. The van der Waals surface area contributed by atoms with Crippen molar-refractivity contribution in [2.45, 2.75) is 19.9 Å². The predicted octanol–water partition coefficient (Wildman–Crippen LogP) is 2.58. The van der Waals surface area contributed by atoms with E-state index in [1.54, 1.807) is 14.2 Å². The number of carbonyl (C=O) groups is 1. The second-order valence-corrected chi connectivity index (χ2v) is 6.33. The van der Waals surface area contributed by atoms with Gasteiger partial charge < -0.3 is 25.4 Å². The van der Waals surface area contributed by atoms with Crippen LogP contribution in [0.1, 0.15) is 29.3 Å². The lowest BCUT2D eigenvalue weighted by Gasteiger charge is -2.13. The van der Waals surface area contributed by atoms with Crippen molar-refractivity contribution >= 4 is 11.9 Å². The Labute approximate surface area is 172 Å². The SMILES string of the molecule is CCCNC(=O)c1cccc(CNC(=NC)NCCOc2ccc(OC)cc2)c1. The zero-order valence-electron chi connectivity index (χ0n) is 17.3. The molecule has 7 heteroatoms. The maximum Gasteiger partial charge on any atom is 0.251 e. The molecule has 0 unspecified atom stereocenters. The third-order valence-corrected chi connectivity index (χ3v) is 4.13. The van der Waals surface area contributed by atoms with Crippen LogP contribution in [0.2, 0.25) is 0 Å². The van der Waals surface area contributed by atoms with E-state index < -0.39 is 0 Å². The topological polar surface area (TPSA) is 84.0 Å². The number of ether oxygens (including phenoxy) is 2. The molecule has 0 aliphatic heterocycles. The number of hydrogen-bond acceptors (Lipinski definition) is 4. The van der Waals surface area contributed by atoms with Crippen LogP contribution in [0, 0.1) is 0 Å². The van der Waals surface area contributed by atoms with Crippen molar-refractivity contribution in [3.05, 3.63) is 59.7 Å². The highest BCUT2D eigenvalue weighted by Crippen LogP contribution is 2.16.